The highest BCUT2D eigenvalue weighted by Crippen LogP contribution is 2.16. The summed E-state index contributed by atoms with van der Waals surface area (Å²) in [5.41, 5.74) is -0.216. The third kappa shape index (κ3) is 2.97. The predicted molar refractivity (Wildman–Crippen MR) is 63.6 cm³/mol. The second-order valence-corrected chi connectivity index (χ2v) is 3.52. The molecule has 3 N–H and O–H groups in total. The fourth-order valence-electron chi connectivity index (χ4n) is 1.36. The maximum atomic E-state index is 13.4. The van der Waals surface area contributed by atoms with Crippen molar-refractivity contribution in [1.29, 1.82) is 0 Å². The molecule has 0 aliphatic carbocycles. The van der Waals surface area contributed by atoms with Crippen LogP contribution < -0.4 is 10.1 Å². The summed E-state index contributed by atoms with van der Waals surface area (Å²) >= 11 is 0. The number of phenolic OH excluding ortho intramolecular Hbond substituents is 1. The Labute approximate surface area is 107 Å². The van der Waals surface area contributed by atoms with Gasteiger partial charge in [0.25, 0.3) is 5.91 Å². The van der Waals surface area contributed by atoms with E-state index in [-0.39, 0.29) is 23.3 Å². The van der Waals surface area contributed by atoms with Gasteiger partial charge in [-0.3, -0.25) is 10.1 Å². The van der Waals surface area contributed by atoms with Crippen LogP contribution in [0.5, 0.6) is 11.8 Å². The maximum Gasteiger partial charge on any atom is 0.337 e. The fraction of sp³-hybridized carbons (Fsp3) is 0.182. The van der Waals surface area contributed by atoms with Crippen LogP contribution in [0.15, 0.2) is 18.2 Å². The highest BCUT2D eigenvalue weighted by atomic mass is 19.1. The molecule has 0 spiro atoms. The molecule has 8 heteroatoms. The molecular weight excluding hydrogens is 255 g/mol. The van der Waals surface area contributed by atoms with Gasteiger partial charge in [-0.1, -0.05) is 0 Å². The van der Waals surface area contributed by atoms with Crippen molar-refractivity contribution in [1.82, 2.24) is 15.2 Å². The summed E-state index contributed by atoms with van der Waals surface area (Å²) in [4.78, 5) is 15.6. The minimum absolute atomic E-state index is 0.0425. The molecule has 0 aliphatic heterocycles. The molecule has 0 fully saturated rings. The number of carbonyl (C=O) groups excluding carboxylic acids is 1. The standard InChI is InChI=1S/C11H11FN4O3/c1-2-19-11-14-10(15-16-11)13-9(18)7-4-3-6(17)5-8(7)12/h3-5,17H,2H2,1H3,(H2,13,14,15,16,18). The second kappa shape index (κ2) is 5.34. The number of aromatic nitrogens is 3. The van der Waals surface area contributed by atoms with E-state index in [1.807, 2.05) is 0 Å². The number of benzene rings is 1. The third-order valence-electron chi connectivity index (χ3n) is 2.17. The number of nitrogens with one attached hydrogen (secondary N) is 2. The van der Waals surface area contributed by atoms with Crippen molar-refractivity contribution in [2.75, 3.05) is 11.9 Å². The Bertz CT molecular complexity index is 599. The van der Waals surface area contributed by atoms with Crippen LogP contribution in [-0.2, 0) is 0 Å². The normalized spacial score (nSPS) is 10.2. The highest BCUT2D eigenvalue weighted by molar-refractivity contribution is 6.03. The van der Waals surface area contributed by atoms with Gasteiger partial charge in [-0.15, -0.1) is 5.10 Å². The molecule has 1 aromatic carbocycles. The molecule has 0 aliphatic rings. The smallest absolute Gasteiger partial charge is 0.337 e. The molecule has 100 valence electrons. The zero-order chi connectivity index (χ0) is 13.8. The average Bonchev–Trinajstić information content (AvgIpc) is 2.76. The Morgan fingerprint density at radius 3 is 3.05 bits per heavy atom. The van der Waals surface area contributed by atoms with Crippen molar-refractivity contribution in [3.63, 3.8) is 0 Å². The number of H-pyrrole nitrogens is 1. The van der Waals surface area contributed by atoms with Crippen LogP contribution in [0.3, 0.4) is 0 Å². The van der Waals surface area contributed by atoms with Crippen LogP contribution >= 0.6 is 0 Å². The van der Waals surface area contributed by atoms with E-state index in [9.17, 15) is 9.18 Å². The van der Waals surface area contributed by atoms with Crippen LogP contribution in [-0.4, -0.2) is 32.8 Å². The number of rotatable bonds is 4. The van der Waals surface area contributed by atoms with Gasteiger partial charge in [0.15, 0.2) is 0 Å². The summed E-state index contributed by atoms with van der Waals surface area (Å²) in [5, 5.41) is 17.5. The van der Waals surface area contributed by atoms with Crippen LogP contribution in [0, 0.1) is 5.82 Å². The number of hydrogen-bond acceptors (Lipinski definition) is 5. The molecule has 0 saturated carbocycles. The molecule has 1 heterocycles. The Kier molecular flexibility index (Phi) is 3.60. The number of hydrogen-bond donors (Lipinski definition) is 3. The average molecular weight is 266 g/mol. The molecule has 0 bridgehead atoms. The van der Waals surface area contributed by atoms with E-state index in [4.69, 9.17) is 9.84 Å². The monoisotopic (exact) mass is 266 g/mol. The van der Waals surface area contributed by atoms with Gasteiger partial charge in [-0.05, 0) is 19.1 Å². The lowest BCUT2D eigenvalue weighted by molar-refractivity contribution is 0.102. The number of ether oxygens (including phenoxy) is 1. The molecule has 0 radical (unpaired) electrons. The van der Waals surface area contributed by atoms with Gasteiger partial charge in [0, 0.05) is 6.07 Å². The van der Waals surface area contributed by atoms with Crippen LogP contribution in [0.1, 0.15) is 17.3 Å². The van der Waals surface area contributed by atoms with Gasteiger partial charge >= 0.3 is 6.01 Å². The minimum Gasteiger partial charge on any atom is -0.508 e. The lowest BCUT2D eigenvalue weighted by Crippen LogP contribution is -2.14. The number of aromatic hydroxyl groups is 1. The number of amides is 1. The molecule has 2 aromatic rings. The Morgan fingerprint density at radius 1 is 1.58 bits per heavy atom. The first-order valence-electron chi connectivity index (χ1n) is 5.45. The van der Waals surface area contributed by atoms with E-state index in [1.54, 1.807) is 6.92 Å². The van der Waals surface area contributed by atoms with Crippen molar-refractivity contribution >= 4 is 11.9 Å². The summed E-state index contributed by atoms with van der Waals surface area (Å²) in [7, 11) is 0. The van der Waals surface area contributed by atoms with Gasteiger partial charge in [-0.25, -0.2) is 9.49 Å². The lowest BCUT2D eigenvalue weighted by Gasteiger charge is -2.03. The molecular formula is C11H11FN4O3. The van der Waals surface area contributed by atoms with Gasteiger partial charge in [0.05, 0.1) is 12.2 Å². The van der Waals surface area contributed by atoms with E-state index < -0.39 is 11.7 Å². The summed E-state index contributed by atoms with van der Waals surface area (Å²) in [6.07, 6.45) is 0. The molecule has 1 aromatic heterocycles. The minimum atomic E-state index is -0.831. The Morgan fingerprint density at radius 2 is 2.37 bits per heavy atom. The topological polar surface area (TPSA) is 100 Å². The van der Waals surface area contributed by atoms with Crippen molar-refractivity contribution in [2.24, 2.45) is 0 Å². The third-order valence-corrected chi connectivity index (χ3v) is 2.17. The van der Waals surface area contributed by atoms with E-state index in [1.165, 1.54) is 12.1 Å². The Balaban J connectivity index is 2.11. The van der Waals surface area contributed by atoms with Gasteiger partial charge in [0.1, 0.15) is 11.6 Å². The summed E-state index contributed by atoms with van der Waals surface area (Å²) in [6.45, 7) is 2.15. The number of aromatic amines is 1. The first kappa shape index (κ1) is 12.8. The molecule has 7 nitrogen and oxygen atoms in total. The SMILES string of the molecule is CCOc1n[nH]c(NC(=O)c2ccc(O)cc2F)n1. The zero-order valence-electron chi connectivity index (χ0n) is 9.98. The van der Waals surface area contributed by atoms with E-state index in [0.717, 1.165) is 6.07 Å². The van der Waals surface area contributed by atoms with Crippen molar-refractivity contribution < 1.29 is 19.0 Å². The number of carbonyl (C=O) groups is 1. The fourth-order valence-corrected chi connectivity index (χ4v) is 1.36. The number of halogens is 1. The number of phenols is 1. The molecule has 0 atom stereocenters. The molecule has 0 saturated heterocycles. The predicted octanol–water partition coefficient (Wildman–Crippen LogP) is 1.30. The van der Waals surface area contributed by atoms with Crippen molar-refractivity contribution in [3.05, 3.63) is 29.6 Å². The largest absolute Gasteiger partial charge is 0.508 e. The van der Waals surface area contributed by atoms with Crippen LogP contribution in [0.4, 0.5) is 10.3 Å². The van der Waals surface area contributed by atoms with Crippen molar-refractivity contribution in [3.8, 4) is 11.8 Å². The highest BCUT2D eigenvalue weighted by Gasteiger charge is 2.14. The number of anilines is 1. The maximum absolute atomic E-state index is 13.4. The summed E-state index contributed by atoms with van der Waals surface area (Å²) in [5.74, 6) is -1.76. The quantitative estimate of drug-likeness (QED) is 0.774. The number of nitrogens with zero attached hydrogens (tertiary/aromatic N) is 2. The molecule has 0 unspecified atom stereocenters. The summed E-state index contributed by atoms with van der Waals surface area (Å²) < 4.78 is 18.4. The zero-order valence-corrected chi connectivity index (χ0v) is 9.98. The Hall–Kier alpha value is -2.64. The van der Waals surface area contributed by atoms with Crippen LogP contribution in [0.25, 0.3) is 0 Å². The van der Waals surface area contributed by atoms with Gasteiger partial charge in [-0.2, -0.15) is 4.98 Å². The first-order chi connectivity index (χ1) is 9.10. The van der Waals surface area contributed by atoms with E-state index in [2.05, 4.69) is 20.5 Å². The van der Waals surface area contributed by atoms with E-state index in [0.29, 0.717) is 6.61 Å². The molecule has 19 heavy (non-hydrogen) atoms. The molecule has 2 rings (SSSR count). The molecule has 1 amide bonds. The lowest BCUT2D eigenvalue weighted by atomic mass is 10.2. The summed E-state index contributed by atoms with van der Waals surface area (Å²) in [6, 6.07) is 3.31. The van der Waals surface area contributed by atoms with E-state index >= 15 is 0 Å². The van der Waals surface area contributed by atoms with Gasteiger partial charge < -0.3 is 9.84 Å². The second-order valence-electron chi connectivity index (χ2n) is 3.52. The van der Waals surface area contributed by atoms with Crippen molar-refractivity contribution in [2.45, 2.75) is 6.92 Å². The van der Waals surface area contributed by atoms with Gasteiger partial charge in [0.2, 0.25) is 5.95 Å². The van der Waals surface area contributed by atoms with Crippen LogP contribution in [0.2, 0.25) is 0 Å². The first-order valence-corrected chi connectivity index (χ1v) is 5.45.